The first-order valence-corrected chi connectivity index (χ1v) is 9.86. The van der Waals surface area contributed by atoms with Gasteiger partial charge < -0.3 is 15.5 Å². The van der Waals surface area contributed by atoms with E-state index < -0.39 is 17.5 Å². The fourth-order valence-electron chi connectivity index (χ4n) is 3.20. The summed E-state index contributed by atoms with van der Waals surface area (Å²) in [6, 6.07) is 9.74. The Bertz CT molecular complexity index is 1210. The zero-order valence-corrected chi connectivity index (χ0v) is 18.1. The standard InChI is InChI=1S/C20H14Br2N2O5/c1-10(25)23-13-4-2-3-11(7-13)20(19(28)29)15(5-6-17(26)27)14-8-12(21)9-16(22)18(14)24-20/h2-9H,1H3,(H,23,25)(H,26,27)(H,28,29). The van der Waals surface area contributed by atoms with Crippen molar-refractivity contribution in [2.24, 2.45) is 4.99 Å². The number of nitrogens with zero attached hydrogens (tertiary/aromatic N) is 1. The molecule has 2 aromatic carbocycles. The Morgan fingerprint density at radius 3 is 2.48 bits per heavy atom. The molecule has 2 aromatic rings. The van der Waals surface area contributed by atoms with E-state index in [2.05, 4.69) is 42.2 Å². The number of carboxylic acid groups (broad SMARTS) is 2. The molecule has 0 radical (unpaired) electrons. The fraction of sp³-hybridized carbons (Fsp3) is 0.100. The van der Waals surface area contributed by atoms with E-state index in [-0.39, 0.29) is 17.0 Å². The van der Waals surface area contributed by atoms with Gasteiger partial charge in [-0.05, 0) is 51.8 Å². The van der Waals surface area contributed by atoms with Gasteiger partial charge in [-0.15, -0.1) is 0 Å². The van der Waals surface area contributed by atoms with Gasteiger partial charge in [0.1, 0.15) is 0 Å². The molecule has 0 spiro atoms. The number of benzene rings is 2. The van der Waals surface area contributed by atoms with Crippen LogP contribution in [0.15, 0.2) is 62.5 Å². The molecule has 3 rings (SSSR count). The molecule has 1 atom stereocenters. The molecule has 1 heterocycles. The van der Waals surface area contributed by atoms with E-state index >= 15 is 0 Å². The molecule has 7 nitrogen and oxygen atoms in total. The summed E-state index contributed by atoms with van der Waals surface area (Å²) in [6.07, 6.45) is 2.12. The minimum absolute atomic E-state index is 0.198. The number of anilines is 1. The van der Waals surface area contributed by atoms with E-state index in [1.165, 1.54) is 19.1 Å². The van der Waals surface area contributed by atoms with Crippen molar-refractivity contribution < 1.29 is 24.6 Å². The molecule has 0 saturated carbocycles. The van der Waals surface area contributed by atoms with Crippen LogP contribution in [0.4, 0.5) is 5.69 Å². The van der Waals surface area contributed by atoms with Gasteiger partial charge in [0.15, 0.2) is 0 Å². The summed E-state index contributed by atoms with van der Waals surface area (Å²) in [4.78, 5) is 39.6. The minimum atomic E-state index is -1.88. The van der Waals surface area contributed by atoms with Crippen LogP contribution in [0.1, 0.15) is 12.5 Å². The van der Waals surface area contributed by atoms with Gasteiger partial charge in [-0.2, -0.15) is 0 Å². The third kappa shape index (κ3) is 3.88. The highest BCUT2D eigenvalue weighted by Crippen LogP contribution is 2.38. The van der Waals surface area contributed by atoms with Gasteiger partial charge in [0.25, 0.3) is 0 Å². The van der Waals surface area contributed by atoms with E-state index in [1.807, 2.05) is 0 Å². The maximum atomic E-state index is 12.6. The van der Waals surface area contributed by atoms with Gasteiger partial charge in [-0.1, -0.05) is 28.1 Å². The van der Waals surface area contributed by atoms with Crippen molar-refractivity contribution in [2.45, 2.75) is 12.5 Å². The third-order valence-corrected chi connectivity index (χ3v) is 5.35. The van der Waals surface area contributed by atoms with E-state index in [0.717, 1.165) is 6.08 Å². The van der Waals surface area contributed by atoms with E-state index in [9.17, 15) is 19.5 Å². The monoisotopic (exact) mass is 520 g/mol. The Labute approximate surface area is 181 Å². The van der Waals surface area contributed by atoms with Crippen LogP contribution in [0.25, 0.3) is 5.57 Å². The Hall–Kier alpha value is -2.78. The fourth-order valence-corrected chi connectivity index (χ4v) is 4.52. The van der Waals surface area contributed by atoms with Gasteiger partial charge in [0.05, 0.1) is 5.36 Å². The summed E-state index contributed by atoms with van der Waals surface area (Å²) in [5.41, 5.74) is -1.00. The predicted octanol–water partition coefficient (Wildman–Crippen LogP) is 2.57. The SMILES string of the molecule is CC(=O)Nc1cccc(C2(C(=O)O)N=c3c(Br)cc(Br)cc3=C2C=CC(=O)O)c1. The van der Waals surface area contributed by atoms with Crippen molar-refractivity contribution in [3.05, 3.63) is 73.6 Å². The van der Waals surface area contributed by atoms with Crippen molar-refractivity contribution >= 4 is 61.0 Å². The van der Waals surface area contributed by atoms with Crippen LogP contribution in [0, 0.1) is 0 Å². The molecule has 0 saturated heterocycles. The van der Waals surface area contributed by atoms with Crippen LogP contribution in [-0.4, -0.2) is 28.1 Å². The van der Waals surface area contributed by atoms with Gasteiger partial charge in [-0.3, -0.25) is 9.79 Å². The Kier molecular flexibility index (Phi) is 5.72. The first-order chi connectivity index (χ1) is 13.6. The number of rotatable bonds is 5. The minimum Gasteiger partial charge on any atom is -0.479 e. The maximum Gasteiger partial charge on any atom is 0.341 e. The van der Waals surface area contributed by atoms with Crippen molar-refractivity contribution in [3.8, 4) is 0 Å². The Balaban J connectivity index is 2.40. The molecule has 3 N–H and O–H groups in total. The Morgan fingerprint density at radius 1 is 1.14 bits per heavy atom. The molecule has 0 aliphatic carbocycles. The normalized spacial score (nSPS) is 17.7. The highest BCUT2D eigenvalue weighted by Gasteiger charge is 2.46. The zero-order chi connectivity index (χ0) is 21.3. The van der Waals surface area contributed by atoms with E-state index in [4.69, 9.17) is 5.11 Å². The molecule has 148 valence electrons. The van der Waals surface area contributed by atoms with Gasteiger partial charge >= 0.3 is 11.9 Å². The molecule has 0 aromatic heterocycles. The molecule has 0 bridgehead atoms. The predicted molar refractivity (Wildman–Crippen MR) is 113 cm³/mol. The van der Waals surface area contributed by atoms with Crippen LogP contribution in [-0.2, 0) is 19.9 Å². The number of hydrogen-bond acceptors (Lipinski definition) is 4. The number of hydrogen-bond donors (Lipinski definition) is 3. The number of aliphatic carboxylic acids is 2. The highest BCUT2D eigenvalue weighted by atomic mass is 79.9. The summed E-state index contributed by atoms with van der Waals surface area (Å²) in [5, 5.41) is 22.9. The second kappa shape index (κ2) is 7.92. The molecular weight excluding hydrogens is 508 g/mol. The molecule has 1 aliphatic heterocycles. The number of carbonyl (C=O) groups is 3. The first-order valence-electron chi connectivity index (χ1n) is 8.27. The van der Waals surface area contributed by atoms with Crippen LogP contribution in [0.5, 0.6) is 0 Å². The van der Waals surface area contributed by atoms with Gasteiger partial charge in [0, 0.05) is 38.4 Å². The van der Waals surface area contributed by atoms with Crippen LogP contribution in [0.2, 0.25) is 0 Å². The molecular formula is C20H14Br2N2O5. The van der Waals surface area contributed by atoms with E-state index in [1.54, 1.807) is 30.3 Å². The molecule has 1 amide bonds. The number of fused-ring (bicyclic) bond motifs is 1. The number of carbonyl (C=O) groups excluding carboxylic acids is 1. The smallest absolute Gasteiger partial charge is 0.341 e. The summed E-state index contributed by atoms with van der Waals surface area (Å²) in [5.74, 6) is -2.80. The molecule has 1 unspecified atom stereocenters. The van der Waals surface area contributed by atoms with Crippen LogP contribution in [0.3, 0.4) is 0 Å². The lowest BCUT2D eigenvalue weighted by atomic mass is 9.82. The van der Waals surface area contributed by atoms with Gasteiger partial charge in [0.2, 0.25) is 11.4 Å². The van der Waals surface area contributed by atoms with Crippen LogP contribution >= 0.6 is 31.9 Å². The second-order valence-corrected chi connectivity index (χ2v) is 8.03. The number of amides is 1. The lowest BCUT2D eigenvalue weighted by molar-refractivity contribution is -0.141. The Morgan fingerprint density at radius 2 is 1.86 bits per heavy atom. The lowest BCUT2D eigenvalue weighted by Gasteiger charge is -2.25. The topological polar surface area (TPSA) is 116 Å². The average Bonchev–Trinajstić information content (AvgIpc) is 2.95. The van der Waals surface area contributed by atoms with Crippen molar-refractivity contribution in [3.63, 3.8) is 0 Å². The molecule has 0 fully saturated rings. The second-order valence-electron chi connectivity index (χ2n) is 6.26. The van der Waals surface area contributed by atoms with Crippen molar-refractivity contribution in [1.82, 2.24) is 0 Å². The third-order valence-electron chi connectivity index (χ3n) is 4.29. The average molecular weight is 522 g/mol. The summed E-state index contributed by atoms with van der Waals surface area (Å²) < 4.78 is 1.23. The number of carboxylic acids is 2. The summed E-state index contributed by atoms with van der Waals surface area (Å²) in [6.45, 7) is 1.34. The van der Waals surface area contributed by atoms with Gasteiger partial charge in [-0.25, -0.2) is 9.59 Å². The molecule has 1 aliphatic rings. The highest BCUT2D eigenvalue weighted by molar-refractivity contribution is 9.11. The quantitative estimate of drug-likeness (QED) is 0.523. The van der Waals surface area contributed by atoms with E-state index in [0.29, 0.717) is 25.2 Å². The lowest BCUT2D eigenvalue weighted by Crippen LogP contribution is -2.34. The van der Waals surface area contributed by atoms with Crippen molar-refractivity contribution in [1.29, 1.82) is 0 Å². The summed E-state index contributed by atoms with van der Waals surface area (Å²) in [7, 11) is 0. The first kappa shape index (κ1) is 20.9. The number of nitrogens with one attached hydrogen (secondary N) is 1. The van der Waals surface area contributed by atoms with Crippen LogP contribution < -0.4 is 15.9 Å². The number of halogens is 2. The summed E-state index contributed by atoms with van der Waals surface area (Å²) >= 11 is 6.77. The zero-order valence-electron chi connectivity index (χ0n) is 14.9. The molecule has 29 heavy (non-hydrogen) atoms. The van der Waals surface area contributed by atoms with Crippen molar-refractivity contribution in [2.75, 3.05) is 5.32 Å². The molecule has 9 heteroatoms. The maximum absolute atomic E-state index is 12.6. The largest absolute Gasteiger partial charge is 0.479 e.